The van der Waals surface area contributed by atoms with Crippen LogP contribution in [0.3, 0.4) is 0 Å². The van der Waals surface area contributed by atoms with E-state index in [1.807, 2.05) is 28.0 Å². The van der Waals surface area contributed by atoms with Gasteiger partial charge in [0.25, 0.3) is 0 Å². The number of carbonyl (C=O) groups is 1. The lowest BCUT2D eigenvalue weighted by atomic mass is 10.0. The SMILES string of the molecule is CC(=O)N1CC[C@H](Cc2cnc(-c3ccnn3C(C)C)cn2)C1. The summed E-state index contributed by atoms with van der Waals surface area (Å²) in [5, 5.41) is 4.33. The van der Waals surface area contributed by atoms with Crippen molar-refractivity contribution in [1.29, 1.82) is 0 Å². The highest BCUT2D eigenvalue weighted by Crippen LogP contribution is 2.22. The molecule has 1 aliphatic rings. The number of hydrogen-bond acceptors (Lipinski definition) is 4. The molecule has 0 aliphatic carbocycles. The summed E-state index contributed by atoms with van der Waals surface area (Å²) >= 11 is 0. The van der Waals surface area contributed by atoms with Crippen LogP contribution in [0.25, 0.3) is 11.4 Å². The van der Waals surface area contributed by atoms with Crippen LogP contribution < -0.4 is 0 Å². The van der Waals surface area contributed by atoms with Gasteiger partial charge in [0.15, 0.2) is 0 Å². The van der Waals surface area contributed by atoms with Crippen molar-refractivity contribution < 1.29 is 4.79 Å². The van der Waals surface area contributed by atoms with Crippen LogP contribution in [0.1, 0.15) is 38.9 Å². The van der Waals surface area contributed by atoms with E-state index >= 15 is 0 Å². The van der Waals surface area contributed by atoms with Gasteiger partial charge in [-0.1, -0.05) is 0 Å². The minimum absolute atomic E-state index is 0.163. The Kier molecular flexibility index (Phi) is 4.41. The fraction of sp³-hybridized carbons (Fsp3) is 0.529. The van der Waals surface area contributed by atoms with Gasteiger partial charge in [-0.25, -0.2) is 0 Å². The predicted molar refractivity (Wildman–Crippen MR) is 87.7 cm³/mol. The van der Waals surface area contributed by atoms with E-state index in [0.29, 0.717) is 5.92 Å². The molecule has 1 saturated heterocycles. The summed E-state index contributed by atoms with van der Waals surface area (Å²) in [5.74, 6) is 0.649. The maximum absolute atomic E-state index is 11.4. The number of amides is 1. The number of rotatable bonds is 4. The van der Waals surface area contributed by atoms with Crippen molar-refractivity contribution >= 4 is 5.91 Å². The zero-order valence-corrected chi connectivity index (χ0v) is 13.9. The topological polar surface area (TPSA) is 63.9 Å². The summed E-state index contributed by atoms with van der Waals surface area (Å²) in [6, 6.07) is 2.25. The molecule has 0 spiro atoms. The molecule has 1 amide bonds. The Hall–Kier alpha value is -2.24. The molecule has 1 atom stereocenters. The van der Waals surface area contributed by atoms with Crippen LogP contribution in [0.15, 0.2) is 24.7 Å². The lowest BCUT2D eigenvalue weighted by Crippen LogP contribution is -2.26. The number of nitrogens with zero attached hydrogens (tertiary/aromatic N) is 5. The summed E-state index contributed by atoms with van der Waals surface area (Å²) in [6.07, 6.45) is 7.38. The molecule has 1 aliphatic heterocycles. The van der Waals surface area contributed by atoms with E-state index in [0.717, 1.165) is 43.0 Å². The van der Waals surface area contributed by atoms with Crippen molar-refractivity contribution in [2.45, 2.75) is 39.7 Å². The van der Waals surface area contributed by atoms with Crippen molar-refractivity contribution in [3.05, 3.63) is 30.4 Å². The molecule has 0 aromatic carbocycles. The Labute approximate surface area is 136 Å². The molecule has 23 heavy (non-hydrogen) atoms. The van der Waals surface area contributed by atoms with E-state index in [-0.39, 0.29) is 11.9 Å². The van der Waals surface area contributed by atoms with E-state index in [1.165, 1.54) is 0 Å². The van der Waals surface area contributed by atoms with Gasteiger partial charge in [-0.2, -0.15) is 5.10 Å². The molecule has 0 saturated carbocycles. The largest absolute Gasteiger partial charge is 0.343 e. The number of aromatic nitrogens is 4. The van der Waals surface area contributed by atoms with Gasteiger partial charge >= 0.3 is 0 Å². The van der Waals surface area contributed by atoms with E-state index in [4.69, 9.17) is 0 Å². The Bertz CT molecular complexity index is 677. The second-order valence-electron chi connectivity index (χ2n) is 6.47. The molecule has 0 unspecified atom stereocenters. The molecular weight excluding hydrogens is 290 g/mol. The first-order valence-corrected chi connectivity index (χ1v) is 8.15. The minimum Gasteiger partial charge on any atom is -0.343 e. The molecule has 3 rings (SSSR count). The Morgan fingerprint density at radius 1 is 1.35 bits per heavy atom. The van der Waals surface area contributed by atoms with Crippen molar-refractivity contribution in [2.75, 3.05) is 13.1 Å². The summed E-state index contributed by atoms with van der Waals surface area (Å²) < 4.78 is 1.95. The summed E-state index contributed by atoms with van der Waals surface area (Å²) in [6.45, 7) is 7.52. The van der Waals surface area contributed by atoms with Crippen LogP contribution in [0.4, 0.5) is 0 Å². The van der Waals surface area contributed by atoms with Crippen LogP contribution in [0.2, 0.25) is 0 Å². The minimum atomic E-state index is 0.163. The molecule has 6 nitrogen and oxygen atoms in total. The first-order valence-electron chi connectivity index (χ1n) is 8.15. The highest BCUT2D eigenvalue weighted by atomic mass is 16.2. The summed E-state index contributed by atoms with van der Waals surface area (Å²) in [7, 11) is 0. The van der Waals surface area contributed by atoms with E-state index in [9.17, 15) is 4.79 Å². The number of hydrogen-bond donors (Lipinski definition) is 0. The van der Waals surface area contributed by atoms with Gasteiger partial charge in [-0.05, 0) is 38.7 Å². The fourth-order valence-corrected chi connectivity index (χ4v) is 3.10. The van der Waals surface area contributed by atoms with Crippen molar-refractivity contribution in [3.8, 4) is 11.4 Å². The average Bonchev–Trinajstić information content (AvgIpc) is 3.17. The van der Waals surface area contributed by atoms with Gasteiger partial charge in [0.2, 0.25) is 5.91 Å². The van der Waals surface area contributed by atoms with Gasteiger partial charge in [-0.3, -0.25) is 19.4 Å². The van der Waals surface area contributed by atoms with E-state index in [2.05, 4.69) is 28.9 Å². The third kappa shape index (κ3) is 3.41. The smallest absolute Gasteiger partial charge is 0.219 e. The molecular formula is C17H23N5O. The Morgan fingerprint density at radius 2 is 2.17 bits per heavy atom. The predicted octanol–water partition coefficient (Wildman–Crippen LogP) is 2.33. The second-order valence-corrected chi connectivity index (χ2v) is 6.47. The molecule has 0 bridgehead atoms. The quantitative estimate of drug-likeness (QED) is 0.869. The normalized spacial score (nSPS) is 17.9. The molecule has 2 aromatic rings. The molecule has 1 fully saturated rings. The van der Waals surface area contributed by atoms with Crippen LogP contribution in [-0.4, -0.2) is 43.6 Å². The summed E-state index contributed by atoms with van der Waals surface area (Å²) in [5.41, 5.74) is 2.82. The van der Waals surface area contributed by atoms with Gasteiger partial charge in [-0.15, -0.1) is 0 Å². The average molecular weight is 313 g/mol. The third-order valence-electron chi connectivity index (χ3n) is 4.36. The van der Waals surface area contributed by atoms with Gasteiger partial charge in [0.05, 0.1) is 17.6 Å². The highest BCUT2D eigenvalue weighted by Gasteiger charge is 2.24. The van der Waals surface area contributed by atoms with Crippen molar-refractivity contribution in [2.24, 2.45) is 5.92 Å². The number of carbonyl (C=O) groups excluding carboxylic acids is 1. The lowest BCUT2D eigenvalue weighted by molar-refractivity contribution is -0.127. The van der Waals surface area contributed by atoms with Crippen LogP contribution in [0.5, 0.6) is 0 Å². The van der Waals surface area contributed by atoms with Crippen LogP contribution in [0, 0.1) is 5.92 Å². The van der Waals surface area contributed by atoms with E-state index < -0.39 is 0 Å². The van der Waals surface area contributed by atoms with Gasteiger partial charge in [0.1, 0.15) is 5.69 Å². The van der Waals surface area contributed by atoms with Crippen molar-refractivity contribution in [1.82, 2.24) is 24.6 Å². The van der Waals surface area contributed by atoms with Gasteiger partial charge in [0, 0.05) is 38.4 Å². The summed E-state index contributed by atoms with van der Waals surface area (Å²) in [4.78, 5) is 22.4. The van der Waals surface area contributed by atoms with Crippen LogP contribution >= 0.6 is 0 Å². The maximum atomic E-state index is 11.4. The fourth-order valence-electron chi connectivity index (χ4n) is 3.10. The zero-order chi connectivity index (χ0) is 16.4. The van der Waals surface area contributed by atoms with Gasteiger partial charge < -0.3 is 4.90 Å². The monoisotopic (exact) mass is 313 g/mol. The molecule has 3 heterocycles. The Morgan fingerprint density at radius 3 is 2.78 bits per heavy atom. The molecule has 0 radical (unpaired) electrons. The highest BCUT2D eigenvalue weighted by molar-refractivity contribution is 5.73. The molecule has 122 valence electrons. The Balaban J connectivity index is 1.68. The molecule has 2 aromatic heterocycles. The standard InChI is InChI=1S/C17H23N5O/c1-12(2)22-17(4-6-20-22)16-10-18-15(9-19-16)8-14-5-7-21(11-14)13(3)23/h4,6,9-10,12,14H,5,7-8,11H2,1-3H3/t14-/m1/s1. The maximum Gasteiger partial charge on any atom is 0.219 e. The zero-order valence-electron chi connectivity index (χ0n) is 13.9. The number of likely N-dealkylation sites (tertiary alicyclic amines) is 1. The van der Waals surface area contributed by atoms with Crippen LogP contribution in [-0.2, 0) is 11.2 Å². The third-order valence-corrected chi connectivity index (χ3v) is 4.36. The second kappa shape index (κ2) is 6.48. The molecule has 0 N–H and O–H groups in total. The lowest BCUT2D eigenvalue weighted by Gasteiger charge is -2.14. The first kappa shape index (κ1) is 15.6. The van der Waals surface area contributed by atoms with E-state index in [1.54, 1.807) is 13.1 Å². The van der Waals surface area contributed by atoms with Crippen molar-refractivity contribution in [3.63, 3.8) is 0 Å². The molecule has 6 heteroatoms. The first-order chi connectivity index (χ1) is 11.0.